The van der Waals surface area contributed by atoms with E-state index < -0.39 is 91.9 Å². The third kappa shape index (κ3) is 7.77. The van der Waals surface area contributed by atoms with Gasteiger partial charge in [0.2, 0.25) is 18.0 Å². The lowest BCUT2D eigenvalue weighted by atomic mass is 9.84. The predicted molar refractivity (Wildman–Crippen MR) is 164 cm³/mol. The zero-order chi connectivity index (χ0) is 35.7. The molecule has 1 aromatic heterocycles. The van der Waals surface area contributed by atoms with Gasteiger partial charge in [0.1, 0.15) is 23.3 Å². The van der Waals surface area contributed by atoms with Crippen molar-refractivity contribution in [2.24, 2.45) is 5.16 Å². The summed E-state index contributed by atoms with van der Waals surface area (Å²) in [5.41, 5.74) is -2.06. The average Bonchev–Trinajstić information content (AvgIpc) is 3.37. The Balaban J connectivity index is 1.47. The first-order valence-corrected chi connectivity index (χ1v) is 16.9. The van der Waals surface area contributed by atoms with Gasteiger partial charge in [-0.1, -0.05) is 18.1 Å². The second-order valence-electron chi connectivity index (χ2n) is 12.0. The molecule has 1 spiro atoms. The summed E-state index contributed by atoms with van der Waals surface area (Å²) >= 11 is 0. The van der Waals surface area contributed by atoms with Crippen molar-refractivity contribution in [1.29, 1.82) is 0 Å². The molecule has 0 saturated carbocycles. The number of nitrogens with zero attached hydrogens (tertiary/aromatic N) is 3. The number of aromatic nitrogens is 1. The van der Waals surface area contributed by atoms with Crippen LogP contribution in [-0.4, -0.2) is 80.6 Å². The number of fused-ring (bicyclic) bond motifs is 5. The molecule has 0 aliphatic carbocycles. The number of benzene rings is 1. The number of nitrogens with one attached hydrogen (secondary N) is 1. The molecule has 2 aromatic rings. The summed E-state index contributed by atoms with van der Waals surface area (Å²) in [6.45, 7) is 3.33. The molecule has 19 heteroatoms. The molecular weight excluding hydrogens is 677 g/mol. The van der Waals surface area contributed by atoms with E-state index in [2.05, 4.69) is 15.0 Å². The minimum Gasteiger partial charge on any atom is -0.451 e. The van der Waals surface area contributed by atoms with Gasteiger partial charge in [0.25, 0.3) is 11.8 Å². The van der Waals surface area contributed by atoms with Gasteiger partial charge in [0.15, 0.2) is 11.3 Å². The van der Waals surface area contributed by atoms with E-state index in [1.807, 2.05) is 6.92 Å². The molecule has 1 aromatic carbocycles. The molecule has 5 rings (SSSR count). The normalized spacial score (nSPS) is 22.1. The molecule has 2 bridgehead atoms. The van der Waals surface area contributed by atoms with Gasteiger partial charge in [0, 0.05) is 43.4 Å². The Labute approximate surface area is 278 Å². The second-order valence-corrected chi connectivity index (χ2v) is 13.2. The van der Waals surface area contributed by atoms with Crippen molar-refractivity contribution in [2.45, 2.75) is 76.8 Å². The first kappa shape index (κ1) is 35.9. The van der Waals surface area contributed by atoms with Gasteiger partial charge in [-0.2, -0.15) is 0 Å². The molecule has 4 atom stereocenters. The molecule has 0 unspecified atom stereocenters. The molecule has 3 aliphatic rings. The van der Waals surface area contributed by atoms with E-state index in [1.165, 1.54) is 10.8 Å². The first-order chi connectivity index (χ1) is 23.1. The lowest BCUT2D eigenvalue weighted by molar-refractivity contribution is -0.0659. The summed E-state index contributed by atoms with van der Waals surface area (Å²) in [4.78, 5) is 79.1. The Bertz CT molecular complexity index is 1780. The first-order valence-electron chi connectivity index (χ1n) is 15.3. The Morgan fingerprint density at radius 1 is 1.27 bits per heavy atom. The number of oxime groups is 1. The van der Waals surface area contributed by atoms with Gasteiger partial charge in [-0.3, -0.25) is 18.9 Å². The van der Waals surface area contributed by atoms with Gasteiger partial charge in [-0.15, -0.1) is 0 Å². The lowest BCUT2D eigenvalue weighted by Crippen LogP contribution is -2.52. The Kier molecular flexibility index (Phi) is 10.4. The fraction of sp³-hybridized carbons (Fsp3) is 0.500. The van der Waals surface area contributed by atoms with Crippen molar-refractivity contribution in [2.75, 3.05) is 19.9 Å². The third-order valence-electron chi connectivity index (χ3n) is 8.65. The Morgan fingerprint density at radius 3 is 2.67 bits per heavy atom. The highest BCUT2D eigenvalue weighted by Gasteiger charge is 2.54. The van der Waals surface area contributed by atoms with Crippen molar-refractivity contribution in [3.63, 3.8) is 0 Å². The van der Waals surface area contributed by atoms with Crippen LogP contribution in [0.5, 0.6) is 5.75 Å². The van der Waals surface area contributed by atoms with Gasteiger partial charge in [-0.25, -0.2) is 18.1 Å². The van der Waals surface area contributed by atoms with E-state index in [-0.39, 0.29) is 30.3 Å². The topological polar surface area (TPSA) is 205 Å². The highest BCUT2D eigenvalue weighted by atomic mass is 31.2. The highest BCUT2D eigenvalue weighted by Crippen LogP contribution is 2.46. The highest BCUT2D eigenvalue weighted by molar-refractivity contribution is 7.46. The maximum atomic E-state index is 14.3. The maximum Gasteiger partial charge on any atom is 0.511 e. The summed E-state index contributed by atoms with van der Waals surface area (Å²) in [5, 5.41) is 6.60. The Morgan fingerprint density at radius 2 is 2.02 bits per heavy atom. The number of carbonyl (C=O) groups is 3. The van der Waals surface area contributed by atoms with Crippen molar-refractivity contribution in [1.82, 2.24) is 14.8 Å². The largest absolute Gasteiger partial charge is 0.511 e. The van der Waals surface area contributed by atoms with Crippen LogP contribution in [0.2, 0.25) is 0 Å². The van der Waals surface area contributed by atoms with Crippen molar-refractivity contribution in [3.8, 4) is 5.75 Å². The summed E-state index contributed by atoms with van der Waals surface area (Å²) in [7, 11) is -4.84. The zero-order valence-electron chi connectivity index (χ0n) is 26.7. The van der Waals surface area contributed by atoms with E-state index in [0.717, 1.165) is 12.1 Å². The van der Waals surface area contributed by atoms with Crippen LogP contribution in [0.4, 0.5) is 13.6 Å². The van der Waals surface area contributed by atoms with Crippen LogP contribution >= 0.6 is 7.82 Å². The molecule has 1 saturated heterocycles. The SMILES string of the molecule is CC[C@H](COP(=O)(O)O)OC(=O)OCOc1c2n(cc(C(=O)NCc3ccc(F)cc3F)c1=O)[C@@H]1CN(C2=O)[C@@H](C)CC[C@]12CC(C)=NO2. The van der Waals surface area contributed by atoms with E-state index in [1.54, 1.807) is 18.7 Å². The van der Waals surface area contributed by atoms with Crippen molar-refractivity contribution >= 4 is 31.5 Å². The summed E-state index contributed by atoms with van der Waals surface area (Å²) in [6, 6.07) is 1.87. The second kappa shape index (κ2) is 14.2. The molecule has 1 fully saturated rings. The summed E-state index contributed by atoms with van der Waals surface area (Å²) in [5.74, 6) is -3.90. The molecule has 266 valence electrons. The van der Waals surface area contributed by atoms with Gasteiger partial charge < -0.3 is 43.6 Å². The molecular formula is C30H35F2N4O12P. The minimum absolute atomic E-state index is 0.0534. The number of rotatable bonds is 11. The summed E-state index contributed by atoms with van der Waals surface area (Å²) < 4.78 is 60.0. The standard InChI is InChI=1S/C30H35F2N4O12P/c1-4-20(14-46-49(41,42)43)47-29(40)45-15-44-26-24-28(39)35-13-23(30(8-7-17(35)3)10-16(2)34-48-30)36(24)12-21(25(26)37)27(38)33-11-18-5-6-19(31)9-22(18)32/h5-6,9,12,17,20,23H,4,7-8,10-11,13-15H2,1-3H3,(H,33,38)(H2,41,42,43)/t17-,20+,23+,30-/m0/s1. The molecule has 3 aliphatic heterocycles. The van der Waals surface area contributed by atoms with Gasteiger partial charge in [0.05, 0.1) is 18.4 Å². The fourth-order valence-corrected chi connectivity index (χ4v) is 6.42. The maximum absolute atomic E-state index is 14.3. The molecule has 16 nitrogen and oxygen atoms in total. The Hall–Kier alpha value is -4.38. The van der Waals surface area contributed by atoms with Crippen LogP contribution in [0.3, 0.4) is 0 Å². The number of hydrogen-bond acceptors (Lipinski definition) is 11. The van der Waals surface area contributed by atoms with Crippen LogP contribution in [0.25, 0.3) is 0 Å². The molecule has 49 heavy (non-hydrogen) atoms. The van der Waals surface area contributed by atoms with Crippen LogP contribution < -0.4 is 15.5 Å². The van der Waals surface area contributed by atoms with E-state index in [9.17, 15) is 32.5 Å². The van der Waals surface area contributed by atoms with Gasteiger partial charge >= 0.3 is 14.0 Å². The minimum atomic E-state index is -4.84. The zero-order valence-corrected chi connectivity index (χ0v) is 27.6. The fourth-order valence-electron chi connectivity index (χ4n) is 6.06. The van der Waals surface area contributed by atoms with Crippen molar-refractivity contribution < 1.29 is 61.1 Å². The van der Waals surface area contributed by atoms with E-state index in [0.29, 0.717) is 31.0 Å². The number of amides is 2. The number of ether oxygens (including phenoxy) is 3. The molecule has 4 heterocycles. The lowest BCUT2D eigenvalue weighted by Gasteiger charge is -2.42. The van der Waals surface area contributed by atoms with Crippen molar-refractivity contribution in [3.05, 3.63) is 63.1 Å². The number of phosphoric acid groups is 1. The van der Waals surface area contributed by atoms with Crippen LogP contribution in [0.1, 0.15) is 78.9 Å². The molecule has 0 radical (unpaired) electrons. The van der Waals surface area contributed by atoms with E-state index >= 15 is 0 Å². The van der Waals surface area contributed by atoms with Crippen LogP contribution in [0.15, 0.2) is 34.3 Å². The molecule has 3 N–H and O–H groups in total. The van der Waals surface area contributed by atoms with Crippen LogP contribution in [0, 0.1) is 11.6 Å². The third-order valence-corrected chi connectivity index (χ3v) is 9.14. The number of halogens is 2. The smallest absolute Gasteiger partial charge is 0.451 e. The van der Waals surface area contributed by atoms with E-state index in [4.69, 9.17) is 28.8 Å². The number of phosphoric ester groups is 1. The monoisotopic (exact) mass is 712 g/mol. The summed E-state index contributed by atoms with van der Waals surface area (Å²) in [6.07, 6.45) is 0.278. The van der Waals surface area contributed by atoms with Gasteiger partial charge in [-0.05, 0) is 39.2 Å². The molecule has 2 amide bonds. The van der Waals surface area contributed by atoms with Crippen LogP contribution in [-0.2, 0) is 29.9 Å². The number of pyridine rings is 1. The quantitative estimate of drug-likeness (QED) is 0.175. The average molecular weight is 713 g/mol. The number of hydrogen-bond donors (Lipinski definition) is 3. The predicted octanol–water partition coefficient (Wildman–Crippen LogP) is 3.15. The number of carbonyl (C=O) groups excluding carboxylic acids is 3.